The highest BCUT2D eigenvalue weighted by Gasteiger charge is 2.42. The molecule has 0 fully saturated rings. The van der Waals surface area contributed by atoms with Crippen LogP contribution in [0.3, 0.4) is 0 Å². The summed E-state index contributed by atoms with van der Waals surface area (Å²) in [6.45, 7) is 19.3. The highest BCUT2D eigenvalue weighted by atomic mass is 15.2. The zero-order chi connectivity index (χ0) is 29.3. The Hall–Kier alpha value is -3.32. The normalized spacial score (nSPS) is 15.4. The van der Waals surface area contributed by atoms with Gasteiger partial charge in [-0.1, -0.05) is 114 Å². The first-order valence-corrected chi connectivity index (χ1v) is 13.8. The molecular weight excluding hydrogens is 458 g/mol. The van der Waals surface area contributed by atoms with Crippen molar-refractivity contribution < 1.29 is 2.74 Å². The molecule has 1 aliphatic carbocycles. The van der Waals surface area contributed by atoms with Gasteiger partial charge in [-0.05, 0) is 89.2 Å². The zero-order valence-corrected chi connectivity index (χ0v) is 24.5. The van der Waals surface area contributed by atoms with Gasteiger partial charge in [0.05, 0.1) is 0 Å². The van der Waals surface area contributed by atoms with Gasteiger partial charge in [-0.25, -0.2) is 0 Å². The molecule has 0 amide bonds. The van der Waals surface area contributed by atoms with Crippen LogP contribution in [0, 0.1) is 0 Å². The minimum absolute atomic E-state index is 0.243. The van der Waals surface area contributed by atoms with Gasteiger partial charge in [0.15, 0.2) is 0 Å². The summed E-state index contributed by atoms with van der Waals surface area (Å²) in [5, 5.41) is 0. The van der Waals surface area contributed by atoms with Crippen molar-refractivity contribution in [3.05, 3.63) is 107 Å². The van der Waals surface area contributed by atoms with Crippen LogP contribution in [0.25, 0.3) is 22.3 Å². The molecule has 0 atom stereocenters. The number of anilines is 2. The number of fused-ring (bicyclic) bond motifs is 3. The summed E-state index contributed by atoms with van der Waals surface area (Å²) in [4.78, 5) is 2.44. The molecule has 1 heteroatoms. The van der Waals surface area contributed by atoms with Gasteiger partial charge in [-0.3, -0.25) is 0 Å². The van der Waals surface area contributed by atoms with Crippen molar-refractivity contribution in [3.63, 3.8) is 0 Å². The average Bonchev–Trinajstić information content (AvgIpc) is 3.10. The SMILES string of the molecule is [2H]C(C)(C)c1cc(-c2ccccc2)ccc1N(c1c(C([2H])(C)C)ccc2c1C(C)(C)c1ccccc1-2)C(C)(C)C. The summed E-state index contributed by atoms with van der Waals surface area (Å²) in [5.74, 6) is -1.66. The third-order valence-electron chi connectivity index (χ3n) is 8.01. The maximum absolute atomic E-state index is 9.29. The Labute approximate surface area is 233 Å². The van der Waals surface area contributed by atoms with Crippen molar-refractivity contribution >= 4 is 11.4 Å². The highest BCUT2D eigenvalue weighted by molar-refractivity contribution is 5.90. The Bertz CT molecular complexity index is 1560. The molecule has 0 aliphatic heterocycles. The second kappa shape index (κ2) is 9.45. The van der Waals surface area contributed by atoms with Gasteiger partial charge < -0.3 is 4.90 Å². The molecule has 5 rings (SSSR count). The van der Waals surface area contributed by atoms with Crippen LogP contribution in [-0.4, -0.2) is 5.54 Å². The standard InChI is InChI=1S/C37H43N/c1-24(2)28-20-21-30-29-17-13-14-18-32(29)37(8,9)34(30)35(28)38(36(5,6)7)33-22-19-27(23-31(33)25(3)4)26-15-11-10-12-16-26/h10-25H,1-9H3/i24D,25D. The largest absolute Gasteiger partial charge is 0.335 e. The summed E-state index contributed by atoms with van der Waals surface area (Å²) in [7, 11) is 0. The first-order chi connectivity index (χ1) is 18.5. The van der Waals surface area contributed by atoms with Gasteiger partial charge >= 0.3 is 0 Å². The highest BCUT2D eigenvalue weighted by Crippen LogP contribution is 2.56. The quantitative estimate of drug-likeness (QED) is 0.262. The van der Waals surface area contributed by atoms with E-state index in [9.17, 15) is 2.74 Å². The molecular formula is C37H43N. The molecule has 0 bridgehead atoms. The van der Waals surface area contributed by atoms with E-state index in [4.69, 9.17) is 0 Å². The van der Waals surface area contributed by atoms with E-state index >= 15 is 0 Å². The molecule has 0 saturated carbocycles. The molecule has 0 heterocycles. The maximum Gasteiger partial charge on any atom is 0.0498 e. The van der Waals surface area contributed by atoms with Gasteiger partial charge in [0.25, 0.3) is 0 Å². The second-order valence-corrected chi connectivity index (χ2v) is 12.7. The van der Waals surface area contributed by atoms with E-state index in [1.807, 2.05) is 33.8 Å². The number of rotatable bonds is 5. The summed E-state index contributed by atoms with van der Waals surface area (Å²) in [6.07, 6.45) is 0. The Kier molecular flexibility index (Phi) is 5.91. The molecule has 0 spiro atoms. The fraction of sp³-hybridized carbons (Fsp3) is 0.351. The lowest BCUT2D eigenvalue weighted by atomic mass is 9.78. The number of hydrogen-bond donors (Lipinski definition) is 0. The summed E-state index contributed by atoms with van der Waals surface area (Å²) < 4.78 is 18.6. The Balaban J connectivity index is 1.88. The van der Waals surface area contributed by atoms with Gasteiger partial charge in [-0.2, -0.15) is 0 Å². The van der Waals surface area contributed by atoms with E-state index in [1.165, 1.54) is 22.3 Å². The number of hydrogen-bond acceptors (Lipinski definition) is 1. The van der Waals surface area contributed by atoms with Crippen LogP contribution in [0.4, 0.5) is 11.4 Å². The molecule has 0 N–H and O–H groups in total. The molecule has 38 heavy (non-hydrogen) atoms. The van der Waals surface area contributed by atoms with Crippen LogP contribution >= 0.6 is 0 Å². The molecule has 0 radical (unpaired) electrons. The lowest BCUT2D eigenvalue weighted by Gasteiger charge is -2.44. The third-order valence-corrected chi connectivity index (χ3v) is 8.01. The van der Waals surface area contributed by atoms with Gasteiger partial charge in [0.1, 0.15) is 0 Å². The Morgan fingerprint density at radius 1 is 0.684 bits per heavy atom. The van der Waals surface area contributed by atoms with Crippen molar-refractivity contribution in [2.24, 2.45) is 0 Å². The van der Waals surface area contributed by atoms with Crippen LogP contribution in [0.2, 0.25) is 0 Å². The summed E-state index contributed by atoms with van der Waals surface area (Å²) >= 11 is 0. The summed E-state index contributed by atoms with van der Waals surface area (Å²) in [6, 6.07) is 30.1. The van der Waals surface area contributed by atoms with E-state index in [-0.39, 0.29) is 11.0 Å². The first-order valence-electron chi connectivity index (χ1n) is 14.8. The van der Waals surface area contributed by atoms with Crippen molar-refractivity contribution in [1.82, 2.24) is 0 Å². The topological polar surface area (TPSA) is 3.24 Å². The predicted octanol–water partition coefficient (Wildman–Crippen LogP) is 10.8. The molecule has 0 unspecified atom stereocenters. The fourth-order valence-electron chi connectivity index (χ4n) is 6.24. The van der Waals surface area contributed by atoms with Crippen molar-refractivity contribution in [2.75, 3.05) is 4.90 Å². The minimum atomic E-state index is -0.837. The maximum atomic E-state index is 9.29. The summed E-state index contributed by atoms with van der Waals surface area (Å²) in [5.41, 5.74) is 10.9. The molecule has 1 aliphatic rings. The number of benzene rings is 4. The molecule has 0 saturated heterocycles. The molecule has 0 aromatic heterocycles. The van der Waals surface area contributed by atoms with E-state index in [0.29, 0.717) is 0 Å². The van der Waals surface area contributed by atoms with Crippen LogP contribution < -0.4 is 4.90 Å². The number of nitrogens with zero attached hydrogens (tertiary/aromatic N) is 1. The predicted molar refractivity (Wildman–Crippen MR) is 166 cm³/mol. The van der Waals surface area contributed by atoms with Crippen LogP contribution in [0.1, 0.15) is 99.1 Å². The molecule has 1 nitrogen and oxygen atoms in total. The lowest BCUT2D eigenvalue weighted by Crippen LogP contribution is -2.40. The van der Waals surface area contributed by atoms with Crippen LogP contribution in [0.5, 0.6) is 0 Å². The Morgan fingerprint density at radius 2 is 1.32 bits per heavy atom. The van der Waals surface area contributed by atoms with E-state index < -0.39 is 11.8 Å². The monoisotopic (exact) mass is 503 g/mol. The van der Waals surface area contributed by atoms with Gasteiger partial charge in [0.2, 0.25) is 0 Å². The fourth-order valence-corrected chi connectivity index (χ4v) is 6.24. The molecule has 4 aromatic carbocycles. The zero-order valence-electron chi connectivity index (χ0n) is 26.5. The van der Waals surface area contributed by atoms with Crippen LogP contribution in [-0.2, 0) is 5.41 Å². The van der Waals surface area contributed by atoms with Gasteiger partial charge in [0, 0.05) is 25.1 Å². The third kappa shape index (κ3) is 4.27. The molecule has 4 aromatic rings. The van der Waals surface area contributed by atoms with E-state index in [0.717, 1.165) is 33.6 Å². The average molecular weight is 504 g/mol. The van der Waals surface area contributed by atoms with E-state index in [2.05, 4.69) is 118 Å². The van der Waals surface area contributed by atoms with Crippen molar-refractivity contribution in [3.8, 4) is 22.3 Å². The second-order valence-electron chi connectivity index (χ2n) is 12.7. The molecule has 196 valence electrons. The van der Waals surface area contributed by atoms with Crippen LogP contribution in [0.15, 0.2) is 84.9 Å². The van der Waals surface area contributed by atoms with E-state index in [1.54, 1.807) is 0 Å². The minimum Gasteiger partial charge on any atom is -0.335 e. The van der Waals surface area contributed by atoms with Crippen molar-refractivity contribution in [2.45, 2.75) is 85.1 Å². The Morgan fingerprint density at radius 3 is 1.95 bits per heavy atom. The van der Waals surface area contributed by atoms with Gasteiger partial charge in [-0.15, -0.1) is 0 Å². The smallest absolute Gasteiger partial charge is 0.0498 e. The lowest BCUT2D eigenvalue weighted by molar-refractivity contribution is 0.547. The first kappa shape index (κ1) is 23.8. The van der Waals surface area contributed by atoms with Crippen molar-refractivity contribution in [1.29, 1.82) is 0 Å².